The first kappa shape index (κ1) is 29.5. The number of piperidine rings is 2. The number of ketones is 1. The molecule has 11 heteroatoms. The van der Waals surface area contributed by atoms with Crippen LogP contribution >= 0.6 is 12.4 Å². The van der Waals surface area contributed by atoms with Gasteiger partial charge in [-0.05, 0) is 69.7 Å². The van der Waals surface area contributed by atoms with E-state index in [0.29, 0.717) is 11.5 Å². The third kappa shape index (κ3) is 7.27. The molecule has 0 radical (unpaired) electrons. The maximum Gasteiger partial charge on any atom is 0.233 e. The SMILES string of the molecule is CC(=O)c1ccc(Nc2nc(N3CCCCC3)nc(N3CCCCC3)n2)cc1.Cl.N.N.O.[HH].[HH].[HH]. The van der Waals surface area contributed by atoms with Crippen LogP contribution in [0.2, 0.25) is 0 Å². The molecule has 10 nitrogen and oxygen atoms in total. The zero-order valence-electron chi connectivity index (χ0n) is 18.8. The van der Waals surface area contributed by atoms with E-state index in [1.165, 1.54) is 38.5 Å². The van der Waals surface area contributed by atoms with Crippen LogP contribution in [0.5, 0.6) is 0 Å². The Balaban J connectivity index is -0.000000686. The molecule has 2 fully saturated rings. The molecule has 2 saturated heterocycles. The average molecular weight is 475 g/mol. The number of benzene rings is 1. The van der Waals surface area contributed by atoms with Crippen molar-refractivity contribution in [3.63, 3.8) is 0 Å². The van der Waals surface area contributed by atoms with Crippen LogP contribution in [0.15, 0.2) is 24.3 Å². The monoisotopic (exact) mass is 474 g/mol. The zero-order chi connectivity index (χ0) is 19.3. The smallest absolute Gasteiger partial charge is 0.233 e. The number of carbonyl (C=O) groups excluding carboxylic acids is 1. The molecule has 0 saturated carbocycles. The van der Waals surface area contributed by atoms with Crippen LogP contribution in [0.1, 0.15) is 60.1 Å². The van der Waals surface area contributed by atoms with Gasteiger partial charge in [-0.25, -0.2) is 0 Å². The van der Waals surface area contributed by atoms with Gasteiger partial charge in [0.2, 0.25) is 17.8 Å². The Hall–Kier alpha value is -2.53. The summed E-state index contributed by atoms with van der Waals surface area (Å²) in [5.41, 5.74) is 1.56. The van der Waals surface area contributed by atoms with Crippen LogP contribution in [0.25, 0.3) is 0 Å². The summed E-state index contributed by atoms with van der Waals surface area (Å²) in [5, 5.41) is 3.30. The van der Waals surface area contributed by atoms with Crippen molar-refractivity contribution in [1.29, 1.82) is 0 Å². The average Bonchev–Trinajstić information content (AvgIpc) is 2.75. The van der Waals surface area contributed by atoms with Crippen LogP contribution < -0.4 is 27.4 Å². The third-order valence-corrected chi connectivity index (χ3v) is 5.44. The second-order valence-corrected chi connectivity index (χ2v) is 7.61. The highest BCUT2D eigenvalue weighted by Gasteiger charge is 2.20. The molecule has 2 aliphatic heterocycles. The first-order valence-electron chi connectivity index (χ1n) is 10.3. The molecule has 0 bridgehead atoms. The Morgan fingerprint density at radius 2 is 1.25 bits per heavy atom. The van der Waals surface area contributed by atoms with Crippen LogP contribution in [-0.2, 0) is 0 Å². The number of carbonyl (C=O) groups is 1. The number of halogens is 1. The molecule has 3 heterocycles. The number of Topliss-reactive ketones (excluding diaryl/α,β-unsaturated/α-hetero) is 1. The molecule has 4 rings (SSSR count). The fourth-order valence-corrected chi connectivity index (χ4v) is 3.80. The van der Waals surface area contributed by atoms with Gasteiger partial charge in [0.15, 0.2) is 5.78 Å². The molecule has 186 valence electrons. The molecule has 0 amide bonds. The third-order valence-electron chi connectivity index (χ3n) is 5.44. The summed E-state index contributed by atoms with van der Waals surface area (Å²) in [6, 6.07) is 7.43. The minimum atomic E-state index is 0. The Labute approximate surface area is 200 Å². The van der Waals surface area contributed by atoms with Crippen molar-refractivity contribution < 1.29 is 14.6 Å². The van der Waals surface area contributed by atoms with Gasteiger partial charge in [-0.1, -0.05) is 0 Å². The fourth-order valence-electron chi connectivity index (χ4n) is 3.80. The molecule has 2 aliphatic rings. The lowest BCUT2D eigenvalue weighted by Gasteiger charge is -2.30. The highest BCUT2D eigenvalue weighted by Crippen LogP contribution is 2.24. The summed E-state index contributed by atoms with van der Waals surface area (Å²) in [6.07, 6.45) is 7.27. The summed E-state index contributed by atoms with van der Waals surface area (Å²) in [6.45, 7) is 5.56. The van der Waals surface area contributed by atoms with Gasteiger partial charge in [0, 0.05) is 41.7 Å². The number of nitrogens with one attached hydrogen (secondary N) is 1. The van der Waals surface area contributed by atoms with Gasteiger partial charge < -0.3 is 32.9 Å². The van der Waals surface area contributed by atoms with Crippen molar-refractivity contribution in [2.75, 3.05) is 41.3 Å². The van der Waals surface area contributed by atoms with Gasteiger partial charge in [0.05, 0.1) is 0 Å². The summed E-state index contributed by atoms with van der Waals surface area (Å²) >= 11 is 0. The number of anilines is 4. The standard InChI is InChI=1S/C21H28N6O.ClH.2H3N.H2O.3H2/c1-16(28)17-8-10-18(11-9-17)22-19-23-20(26-12-4-2-5-13-26)25-21(24-19)27-14-6-3-7-15-27;;;;;;;/h8-11H,2-7,12-15H2,1H3,(H,22,23,24,25);1H;2*1H3;1H2;3*1H. The molecule has 1 aromatic heterocycles. The van der Waals surface area contributed by atoms with Crippen molar-refractivity contribution in [3.05, 3.63) is 29.8 Å². The minimum Gasteiger partial charge on any atom is -0.412 e. The quantitative estimate of drug-likeness (QED) is 0.527. The van der Waals surface area contributed by atoms with Crippen molar-refractivity contribution in [2.45, 2.75) is 45.4 Å². The van der Waals surface area contributed by atoms with E-state index in [-0.39, 0.29) is 40.2 Å². The van der Waals surface area contributed by atoms with Crippen LogP contribution in [0, 0.1) is 0 Å². The van der Waals surface area contributed by atoms with Gasteiger partial charge in [-0.3, -0.25) is 4.79 Å². The van der Waals surface area contributed by atoms with Crippen molar-refractivity contribution in [1.82, 2.24) is 27.3 Å². The van der Waals surface area contributed by atoms with Crippen molar-refractivity contribution >= 4 is 41.7 Å². The van der Waals surface area contributed by atoms with Gasteiger partial charge in [0.1, 0.15) is 0 Å². The molecule has 0 unspecified atom stereocenters. The van der Waals surface area contributed by atoms with Crippen LogP contribution in [0.4, 0.5) is 23.5 Å². The highest BCUT2D eigenvalue weighted by molar-refractivity contribution is 5.94. The molecule has 1 aromatic carbocycles. The molecule has 32 heavy (non-hydrogen) atoms. The van der Waals surface area contributed by atoms with E-state index in [0.717, 1.165) is 43.8 Å². The fraction of sp³-hybridized carbons (Fsp3) is 0.524. The van der Waals surface area contributed by atoms with E-state index in [9.17, 15) is 4.79 Å². The van der Waals surface area contributed by atoms with Crippen molar-refractivity contribution in [3.8, 4) is 0 Å². The molecule has 0 atom stereocenters. The number of hydrogen-bond donors (Lipinski definition) is 3. The maximum absolute atomic E-state index is 11.5. The first-order chi connectivity index (χ1) is 13.7. The maximum atomic E-state index is 11.5. The Morgan fingerprint density at radius 3 is 1.66 bits per heavy atom. The second-order valence-electron chi connectivity index (χ2n) is 7.61. The molecule has 9 N–H and O–H groups in total. The predicted octanol–water partition coefficient (Wildman–Crippen LogP) is 4.46. The predicted molar refractivity (Wildman–Crippen MR) is 139 cm³/mol. The second kappa shape index (κ2) is 13.8. The summed E-state index contributed by atoms with van der Waals surface area (Å²) < 4.78 is 0. The zero-order valence-corrected chi connectivity index (χ0v) is 19.7. The Morgan fingerprint density at radius 1 is 0.812 bits per heavy atom. The Bertz CT molecular complexity index is 804. The van der Waals surface area contributed by atoms with E-state index in [1.54, 1.807) is 6.92 Å². The largest absolute Gasteiger partial charge is 0.412 e. The number of aromatic nitrogens is 3. The van der Waals surface area contributed by atoms with E-state index in [2.05, 4.69) is 15.1 Å². The number of nitrogens with zero attached hydrogens (tertiary/aromatic N) is 5. The van der Waals surface area contributed by atoms with E-state index < -0.39 is 0 Å². The van der Waals surface area contributed by atoms with Crippen LogP contribution in [0.3, 0.4) is 0 Å². The lowest BCUT2D eigenvalue weighted by molar-refractivity contribution is 0.101. The lowest BCUT2D eigenvalue weighted by atomic mass is 10.1. The highest BCUT2D eigenvalue weighted by atomic mass is 35.5. The molecule has 0 spiro atoms. The molecular weight excluding hydrogens is 432 g/mol. The summed E-state index contributed by atoms with van der Waals surface area (Å²) in [7, 11) is 0. The topological polar surface area (TPSA) is 176 Å². The van der Waals surface area contributed by atoms with Gasteiger partial charge in [0.25, 0.3) is 0 Å². The summed E-state index contributed by atoms with van der Waals surface area (Å²) in [5.74, 6) is 2.15. The van der Waals surface area contributed by atoms with Crippen LogP contribution in [-0.4, -0.2) is 52.4 Å². The van der Waals surface area contributed by atoms with Gasteiger partial charge in [-0.2, -0.15) is 15.0 Å². The summed E-state index contributed by atoms with van der Waals surface area (Å²) in [4.78, 5) is 30.2. The van der Waals surface area contributed by atoms with Gasteiger partial charge >= 0.3 is 0 Å². The Kier molecular flexibility index (Phi) is 12.7. The molecule has 0 aliphatic carbocycles. The van der Waals surface area contributed by atoms with Crippen molar-refractivity contribution in [2.24, 2.45) is 0 Å². The van der Waals surface area contributed by atoms with Gasteiger partial charge in [-0.15, -0.1) is 12.4 Å². The molecule has 2 aromatic rings. The van der Waals surface area contributed by atoms with E-state index in [1.807, 2.05) is 24.3 Å². The normalized spacial score (nSPS) is 15.3. The minimum absolute atomic E-state index is 0. The first-order valence-corrected chi connectivity index (χ1v) is 10.3. The lowest BCUT2D eigenvalue weighted by Crippen LogP contribution is -2.34. The van der Waals surface area contributed by atoms with E-state index >= 15 is 0 Å². The molecular formula is C21H43ClN8O2. The van der Waals surface area contributed by atoms with E-state index in [4.69, 9.17) is 15.0 Å². The number of hydrogen-bond acceptors (Lipinski definition) is 9. The number of rotatable bonds is 5.